The van der Waals surface area contributed by atoms with Gasteiger partial charge in [0.25, 0.3) is 0 Å². The lowest BCUT2D eigenvalue weighted by Gasteiger charge is -2.19. The number of carboxylic acids is 1. The summed E-state index contributed by atoms with van der Waals surface area (Å²) in [5.74, 6) is -1.32. The zero-order valence-corrected chi connectivity index (χ0v) is 7.54. The quantitative estimate of drug-likeness (QED) is 0.377. The van der Waals surface area contributed by atoms with E-state index < -0.39 is 11.6 Å². The highest BCUT2D eigenvalue weighted by atomic mass is 16.5. The molecule has 0 aromatic carbocycles. The number of allylic oxidation sites excluding steroid dienone is 1. The molecule has 0 aromatic heterocycles. The molecule has 1 rings (SSSR count). The van der Waals surface area contributed by atoms with Gasteiger partial charge in [-0.05, 0) is 18.2 Å². The van der Waals surface area contributed by atoms with Crippen molar-refractivity contribution >= 4 is 5.97 Å². The van der Waals surface area contributed by atoms with Gasteiger partial charge in [0.1, 0.15) is 5.70 Å². The Morgan fingerprint density at radius 1 is 1.79 bits per heavy atom. The molecule has 1 unspecified atom stereocenters. The first-order valence-electron chi connectivity index (χ1n) is 3.92. The van der Waals surface area contributed by atoms with Crippen molar-refractivity contribution in [2.75, 3.05) is 7.05 Å². The van der Waals surface area contributed by atoms with E-state index in [1.165, 1.54) is 19.2 Å². The van der Waals surface area contributed by atoms with Crippen molar-refractivity contribution in [2.24, 2.45) is 5.11 Å². The van der Waals surface area contributed by atoms with E-state index >= 15 is 0 Å². The second kappa shape index (κ2) is 3.59. The molecule has 6 nitrogen and oxygen atoms in total. The Hall–Kier alpha value is -1.69. The van der Waals surface area contributed by atoms with Gasteiger partial charge in [-0.3, -0.25) is 0 Å². The molecule has 0 aromatic rings. The van der Waals surface area contributed by atoms with Gasteiger partial charge in [-0.15, -0.1) is 0 Å². The fourth-order valence-corrected chi connectivity index (χ4v) is 1.01. The van der Waals surface area contributed by atoms with Gasteiger partial charge >= 0.3 is 5.97 Å². The summed E-state index contributed by atoms with van der Waals surface area (Å²) in [7, 11) is 1.21. The summed E-state index contributed by atoms with van der Waals surface area (Å²) in [5.41, 5.74) is -1.53. The van der Waals surface area contributed by atoms with Gasteiger partial charge in [-0.25, -0.2) is 4.79 Å². The average Bonchev–Trinajstić information content (AvgIpc) is 2.08. The van der Waals surface area contributed by atoms with Crippen LogP contribution in [0.2, 0.25) is 0 Å². The minimum absolute atomic E-state index is 0.0918. The van der Waals surface area contributed by atoms with Gasteiger partial charge < -0.3 is 15.4 Å². The maximum absolute atomic E-state index is 10.6. The SMILES string of the molecule is C[N+]([O-])=NC1=CCC(O)(C(=O)O)C=C1. The summed E-state index contributed by atoms with van der Waals surface area (Å²) in [6.45, 7) is 0. The van der Waals surface area contributed by atoms with Gasteiger partial charge in [-0.1, -0.05) is 4.86 Å². The first kappa shape index (κ1) is 10.4. The normalized spacial score (nSPS) is 27.3. The molecule has 0 heterocycles. The van der Waals surface area contributed by atoms with E-state index in [-0.39, 0.29) is 6.42 Å². The third kappa shape index (κ3) is 2.17. The molecule has 0 amide bonds. The highest BCUT2D eigenvalue weighted by molar-refractivity contribution is 5.80. The number of azo groups is 1. The third-order valence-electron chi connectivity index (χ3n) is 1.78. The average molecular weight is 198 g/mol. The Morgan fingerprint density at radius 2 is 2.43 bits per heavy atom. The van der Waals surface area contributed by atoms with Crippen LogP contribution < -0.4 is 0 Å². The molecule has 14 heavy (non-hydrogen) atoms. The Labute approximate surface area is 80.1 Å². The second-order valence-corrected chi connectivity index (χ2v) is 2.96. The van der Waals surface area contributed by atoms with E-state index in [9.17, 15) is 15.1 Å². The van der Waals surface area contributed by atoms with Crippen molar-refractivity contribution in [3.63, 3.8) is 0 Å². The van der Waals surface area contributed by atoms with E-state index in [4.69, 9.17) is 5.11 Å². The molecule has 1 aliphatic carbocycles. The van der Waals surface area contributed by atoms with Crippen LogP contribution in [-0.2, 0) is 4.79 Å². The van der Waals surface area contributed by atoms with E-state index in [1.807, 2.05) is 0 Å². The van der Waals surface area contributed by atoms with Crippen LogP contribution in [0, 0.1) is 5.21 Å². The van der Waals surface area contributed by atoms with E-state index in [1.54, 1.807) is 0 Å². The molecule has 0 spiro atoms. The van der Waals surface area contributed by atoms with Gasteiger partial charge in [0.15, 0.2) is 12.6 Å². The van der Waals surface area contributed by atoms with Crippen molar-refractivity contribution in [1.29, 1.82) is 0 Å². The number of hydrogen-bond acceptors (Lipinski definition) is 4. The van der Waals surface area contributed by atoms with Gasteiger partial charge in [0.05, 0.1) is 0 Å². The molecule has 6 heteroatoms. The molecule has 0 aliphatic heterocycles. The van der Waals surface area contributed by atoms with Crippen LogP contribution in [-0.4, -0.2) is 33.7 Å². The number of nitrogens with zero attached hydrogens (tertiary/aromatic N) is 2. The van der Waals surface area contributed by atoms with Crippen molar-refractivity contribution in [3.8, 4) is 0 Å². The monoisotopic (exact) mass is 198 g/mol. The Morgan fingerprint density at radius 3 is 2.79 bits per heavy atom. The van der Waals surface area contributed by atoms with E-state index in [2.05, 4.69) is 5.11 Å². The number of hydroxylamine groups is 1. The molecule has 0 saturated heterocycles. The fraction of sp³-hybridized carbons (Fsp3) is 0.375. The molecule has 0 bridgehead atoms. The molecular formula is C8H10N2O4. The van der Waals surface area contributed by atoms with Gasteiger partial charge in [-0.2, -0.15) is 0 Å². The van der Waals surface area contributed by atoms with Gasteiger partial charge in [0, 0.05) is 11.5 Å². The lowest BCUT2D eigenvalue weighted by Crippen LogP contribution is -2.36. The molecular weight excluding hydrogens is 188 g/mol. The Kier molecular flexibility index (Phi) is 2.66. The lowest BCUT2D eigenvalue weighted by molar-refractivity contribution is -0.495. The summed E-state index contributed by atoms with van der Waals surface area (Å²) in [6, 6.07) is 0. The largest absolute Gasteiger partial charge is 0.600 e. The zero-order chi connectivity index (χ0) is 10.8. The molecule has 0 fully saturated rings. The number of aliphatic hydroxyl groups is 1. The highest BCUT2D eigenvalue weighted by Gasteiger charge is 2.33. The van der Waals surface area contributed by atoms with Crippen molar-refractivity contribution in [3.05, 3.63) is 29.1 Å². The number of carbonyl (C=O) groups is 1. The minimum atomic E-state index is -1.87. The molecule has 76 valence electrons. The summed E-state index contributed by atoms with van der Waals surface area (Å²) in [5, 5.41) is 32.1. The van der Waals surface area contributed by atoms with Crippen LogP contribution in [0.4, 0.5) is 0 Å². The van der Waals surface area contributed by atoms with Gasteiger partial charge in [0.2, 0.25) is 0 Å². The first-order valence-corrected chi connectivity index (χ1v) is 3.92. The van der Waals surface area contributed by atoms with Crippen LogP contribution in [0.25, 0.3) is 0 Å². The van der Waals surface area contributed by atoms with Crippen molar-refractivity contribution < 1.29 is 19.9 Å². The molecule has 0 saturated carbocycles. The number of carboxylic acid groups (broad SMARTS) is 1. The molecule has 2 N–H and O–H groups in total. The maximum Gasteiger partial charge on any atom is 0.340 e. The highest BCUT2D eigenvalue weighted by Crippen LogP contribution is 2.21. The fourth-order valence-electron chi connectivity index (χ4n) is 1.01. The van der Waals surface area contributed by atoms with Crippen LogP contribution in [0.3, 0.4) is 0 Å². The van der Waals surface area contributed by atoms with Crippen LogP contribution in [0.15, 0.2) is 29.0 Å². The smallest absolute Gasteiger partial charge is 0.340 e. The standard InChI is InChI=1S/C8H10N2O4/c1-10(14)9-6-2-4-8(13,5-3-6)7(11)12/h2-4,13H,5H2,1H3,(H,11,12). The Balaban J connectivity index is 2.81. The number of hydrogen-bond donors (Lipinski definition) is 2. The number of rotatable bonds is 2. The molecule has 1 aliphatic rings. The van der Waals surface area contributed by atoms with E-state index in [0.717, 1.165) is 6.08 Å². The van der Waals surface area contributed by atoms with Crippen LogP contribution in [0.5, 0.6) is 0 Å². The third-order valence-corrected chi connectivity index (χ3v) is 1.78. The summed E-state index contributed by atoms with van der Waals surface area (Å²) < 4.78 is 0. The predicted molar refractivity (Wildman–Crippen MR) is 46.4 cm³/mol. The van der Waals surface area contributed by atoms with Crippen LogP contribution in [0.1, 0.15) is 6.42 Å². The predicted octanol–water partition coefficient (Wildman–Crippen LogP) is 0.238. The maximum atomic E-state index is 10.6. The summed E-state index contributed by atoms with van der Waals surface area (Å²) in [6.07, 6.45) is 3.71. The Bertz CT molecular complexity index is 341. The van der Waals surface area contributed by atoms with Crippen molar-refractivity contribution in [2.45, 2.75) is 12.0 Å². The zero-order valence-electron chi connectivity index (χ0n) is 7.54. The van der Waals surface area contributed by atoms with E-state index in [0.29, 0.717) is 10.6 Å². The summed E-state index contributed by atoms with van der Waals surface area (Å²) in [4.78, 5) is 10.9. The summed E-state index contributed by atoms with van der Waals surface area (Å²) >= 11 is 0. The second-order valence-electron chi connectivity index (χ2n) is 2.96. The molecule has 1 atom stereocenters. The lowest BCUT2D eigenvalue weighted by atomic mass is 9.95. The molecule has 0 radical (unpaired) electrons. The first-order chi connectivity index (χ1) is 6.44. The van der Waals surface area contributed by atoms with Crippen molar-refractivity contribution in [1.82, 2.24) is 0 Å². The minimum Gasteiger partial charge on any atom is -0.600 e. The van der Waals surface area contributed by atoms with Crippen LogP contribution >= 0.6 is 0 Å². The topological polar surface area (TPSA) is 96.0 Å². The number of aliphatic carboxylic acids is 1.